The van der Waals surface area contributed by atoms with Crippen LogP contribution in [0.4, 0.5) is 0 Å². The van der Waals surface area contributed by atoms with Gasteiger partial charge < -0.3 is 39.1 Å². The zero-order valence-corrected chi connectivity index (χ0v) is 62.3. The molecule has 91 heavy (non-hydrogen) atoms. The van der Waals surface area contributed by atoms with Gasteiger partial charge in [0.1, 0.15) is 6.29 Å². The Hall–Kier alpha value is -2.26. The van der Waals surface area contributed by atoms with Crippen molar-refractivity contribution in [1.82, 2.24) is 0 Å². The molecule has 6 aliphatic carbocycles. The molecule has 0 bridgehead atoms. The average molecular weight is 1300 g/mol. The molecule has 12 heteroatoms. The van der Waals surface area contributed by atoms with Gasteiger partial charge in [-0.1, -0.05) is 153 Å². The minimum Gasteiger partial charge on any atom is -0.396 e. The van der Waals surface area contributed by atoms with Crippen LogP contribution in [0.5, 0.6) is 0 Å². The molecule has 0 aromatic rings. The third-order valence-corrected chi connectivity index (χ3v) is 25.2. The predicted octanol–water partition coefficient (Wildman–Crippen LogP) is 18.9. The van der Waals surface area contributed by atoms with Gasteiger partial charge in [-0.05, 0) is 249 Å². The van der Waals surface area contributed by atoms with E-state index in [1.165, 1.54) is 114 Å². The molecule has 0 aromatic carbocycles. The largest absolute Gasteiger partial charge is 0.396 e. The number of aliphatic hydroxyl groups is 3. The number of aldehydes is 1. The van der Waals surface area contributed by atoms with E-state index in [1.54, 1.807) is 22.3 Å². The van der Waals surface area contributed by atoms with E-state index < -0.39 is 21.3 Å². The summed E-state index contributed by atoms with van der Waals surface area (Å²) < 4.78 is 50.3. The fourth-order valence-corrected chi connectivity index (χ4v) is 18.6. The Balaban J connectivity index is 0.000000229. The third-order valence-electron chi connectivity index (χ3n) is 25.2. The van der Waals surface area contributed by atoms with Crippen molar-refractivity contribution in [1.29, 1.82) is 0 Å². The highest BCUT2D eigenvalue weighted by Gasteiger charge is 2.51. The monoisotopic (exact) mass is 1290 g/mol. The lowest BCUT2D eigenvalue weighted by molar-refractivity contribution is -0.119. The lowest BCUT2D eigenvalue weighted by atomic mass is 9.68. The van der Waals surface area contributed by atoms with E-state index >= 15 is 0 Å². The van der Waals surface area contributed by atoms with E-state index in [2.05, 4.69) is 133 Å². The van der Waals surface area contributed by atoms with Crippen molar-refractivity contribution in [3.63, 3.8) is 0 Å². The summed E-state index contributed by atoms with van der Waals surface area (Å²) >= 11 is 0. The maximum absolute atomic E-state index is 11.1. The van der Waals surface area contributed by atoms with Crippen molar-refractivity contribution in [3.8, 4) is 0 Å². The van der Waals surface area contributed by atoms with Crippen molar-refractivity contribution in [2.24, 2.45) is 71.0 Å². The number of aliphatic hydroxyl groups excluding tert-OH is 1. The highest BCUT2D eigenvalue weighted by atomic mass is 32.2. The minimum atomic E-state index is -3.67. The Morgan fingerprint density at radius 3 is 1.27 bits per heavy atom. The topological polar surface area (TPSA) is 169 Å². The van der Waals surface area contributed by atoms with Crippen LogP contribution in [0.1, 0.15) is 279 Å². The van der Waals surface area contributed by atoms with Crippen LogP contribution >= 0.6 is 0 Å². The van der Waals surface area contributed by atoms with E-state index in [0.29, 0.717) is 12.2 Å². The number of carbonyl (C=O) groups excluding carboxylic acids is 1. The Bertz CT molecular complexity index is 2420. The predicted molar refractivity (Wildman–Crippen MR) is 379 cm³/mol. The number of carbonyl (C=O) groups is 1. The molecule has 4 N–H and O–H groups in total. The summed E-state index contributed by atoms with van der Waals surface area (Å²) in [5, 5.41) is 30.3. The van der Waals surface area contributed by atoms with Gasteiger partial charge >= 0.3 is 0 Å². The molecule has 0 radical (unpaired) electrons. The molecule has 0 amide bonds. The molecular formula is C79H138O11S. The second kappa shape index (κ2) is 36.9. The molecule has 4 heterocycles. The highest BCUT2D eigenvalue weighted by molar-refractivity contribution is 7.85. The van der Waals surface area contributed by atoms with Crippen LogP contribution in [0.25, 0.3) is 0 Å². The van der Waals surface area contributed by atoms with Crippen molar-refractivity contribution in [2.45, 2.75) is 312 Å². The summed E-state index contributed by atoms with van der Waals surface area (Å²) in [5.41, 5.74) is 8.48. The molecule has 0 saturated carbocycles. The quantitative estimate of drug-likeness (QED) is 0.0659. The first kappa shape index (κ1) is 81.2. The second-order valence-electron chi connectivity index (χ2n) is 30.0. The molecule has 4 aliphatic heterocycles. The molecule has 0 aromatic heterocycles. The van der Waals surface area contributed by atoms with Crippen molar-refractivity contribution < 1.29 is 52.0 Å². The van der Waals surface area contributed by atoms with Crippen LogP contribution < -0.4 is 0 Å². The molecule has 12 unspecified atom stereocenters. The second-order valence-corrected chi connectivity index (χ2v) is 31.5. The summed E-state index contributed by atoms with van der Waals surface area (Å²) in [4.78, 5) is 11.1. The molecule has 10 aliphatic rings. The van der Waals surface area contributed by atoms with Gasteiger partial charge in [-0.3, -0.25) is 4.55 Å². The van der Waals surface area contributed by atoms with Crippen LogP contribution in [0.3, 0.4) is 0 Å². The minimum absolute atomic E-state index is 0.0000926. The van der Waals surface area contributed by atoms with Gasteiger partial charge in [0.2, 0.25) is 0 Å². The van der Waals surface area contributed by atoms with Crippen molar-refractivity contribution >= 4 is 16.4 Å². The van der Waals surface area contributed by atoms with Crippen LogP contribution in [0.2, 0.25) is 0 Å². The number of fused-ring (bicyclic) bond motifs is 4. The summed E-state index contributed by atoms with van der Waals surface area (Å²) in [6.45, 7) is 43.6. The Labute approximate surface area is 558 Å². The van der Waals surface area contributed by atoms with E-state index in [4.69, 9.17) is 23.5 Å². The number of hydrogen-bond acceptors (Lipinski definition) is 10. The molecule has 4 saturated heterocycles. The molecule has 0 spiro atoms. The Morgan fingerprint density at radius 2 is 0.835 bits per heavy atom. The molecule has 4 fully saturated rings. The smallest absolute Gasteiger partial charge is 0.261 e. The fourth-order valence-electron chi connectivity index (χ4n) is 18.6. The zero-order valence-electron chi connectivity index (χ0n) is 61.5. The fraction of sp³-hybridized carbons (Fsp3) is 0.835. The summed E-state index contributed by atoms with van der Waals surface area (Å²) in [6, 6.07) is 0. The van der Waals surface area contributed by atoms with E-state index in [9.17, 15) is 28.5 Å². The van der Waals surface area contributed by atoms with Gasteiger partial charge in [-0.15, -0.1) is 0 Å². The highest BCUT2D eigenvalue weighted by Crippen LogP contribution is 2.52. The maximum atomic E-state index is 11.1. The molecule has 11 nitrogen and oxygen atoms in total. The standard InChI is InChI=1S/C13H22O2.C13H24O2.4C13H22O.CH4O3S/c1-4-13(15,5-2)12-7-6-10(3)8-11(12)9-14;1-4-13(15,5-2)12-8-10(3)6-7-11(12)9-14;3*1-4-13(5-2)12-7-6-10(3)8-11(12)9-14-13;1-4-13(5-2)12-8-10(3)6-7-11(12)9-14-13;1-5(2,3)4/h6,9,11-12,15H,4-5,7-8H2,1-3H3;6,11-12,14-15H,4-5,7-9H2,1-3H3;8,11-12H,4-7,9H2,1-3H3;3*6,11-12H,4-5,7-9H2,1-3H3;1H3,(H,2,3,4). The molecule has 12 atom stereocenters. The lowest BCUT2D eigenvalue weighted by Crippen LogP contribution is -2.43. The number of rotatable bonds is 16. The van der Waals surface area contributed by atoms with E-state index in [0.717, 1.165) is 126 Å². The number of ether oxygens (including phenoxy) is 4. The summed E-state index contributed by atoms with van der Waals surface area (Å²) in [5.74, 6) is 6.86. The molecule has 526 valence electrons. The van der Waals surface area contributed by atoms with Crippen molar-refractivity contribution in [3.05, 3.63) is 69.9 Å². The number of hydrogen-bond donors (Lipinski definition) is 4. The number of allylic oxidation sites excluding steroid dienone is 11. The SMILES string of the molecule is CCC(O)(CC)C1CC(C)=CCC1CO.CCC(O)(CC)C1CC=C(C)CC1C=O.CCC1(CC)OCC2C=C(C)CCC21.CCC1(CC)OCC2CC(C)=CCC21.CCC1(CC)OCC2CC(C)=CCC21.CCC1(CC)OCC2CC=C(C)CC21.CS(=O)(=O)O. The van der Waals surface area contributed by atoms with Crippen LogP contribution in [0.15, 0.2) is 69.9 Å². The summed E-state index contributed by atoms with van der Waals surface area (Å²) in [7, 11) is -3.67. The van der Waals surface area contributed by atoms with Gasteiger partial charge in [0.05, 0.1) is 66.3 Å². The maximum Gasteiger partial charge on any atom is 0.261 e. The van der Waals surface area contributed by atoms with Crippen molar-refractivity contribution in [2.75, 3.05) is 39.3 Å². The molecule has 10 rings (SSSR count). The van der Waals surface area contributed by atoms with Gasteiger partial charge in [0.25, 0.3) is 10.1 Å². The summed E-state index contributed by atoms with van der Waals surface area (Å²) in [6.07, 6.45) is 41.9. The molecular weight excluding hydrogens is 1160 g/mol. The van der Waals surface area contributed by atoms with E-state index in [1.807, 2.05) is 27.7 Å². The van der Waals surface area contributed by atoms with E-state index in [-0.39, 0.29) is 52.7 Å². The first-order valence-corrected chi connectivity index (χ1v) is 38.8. The van der Waals surface area contributed by atoms with Gasteiger partial charge in [0, 0.05) is 24.4 Å². The van der Waals surface area contributed by atoms with Crippen LogP contribution in [-0.2, 0) is 33.9 Å². The van der Waals surface area contributed by atoms with Crippen LogP contribution in [0, 0.1) is 71.0 Å². The van der Waals surface area contributed by atoms with Gasteiger partial charge in [0.15, 0.2) is 0 Å². The Morgan fingerprint density at radius 1 is 0.473 bits per heavy atom. The lowest BCUT2D eigenvalue weighted by Gasteiger charge is -2.41. The van der Waals surface area contributed by atoms with Crippen LogP contribution in [-0.4, -0.2) is 107 Å². The van der Waals surface area contributed by atoms with Gasteiger partial charge in [-0.25, -0.2) is 0 Å². The van der Waals surface area contributed by atoms with Gasteiger partial charge in [-0.2, -0.15) is 8.42 Å². The zero-order chi connectivity index (χ0) is 68.2. The third kappa shape index (κ3) is 20.9. The normalized spacial score (nSPS) is 31.4. The Kier molecular flexibility index (Phi) is 32.9. The first-order valence-electron chi connectivity index (χ1n) is 36.9. The average Bonchev–Trinajstić information content (AvgIpc) is 1.85. The first-order chi connectivity index (χ1) is 43.0.